The Labute approximate surface area is 131 Å². The fourth-order valence-electron chi connectivity index (χ4n) is 2.08. The molecule has 1 aromatic carbocycles. The van der Waals surface area contributed by atoms with Crippen LogP contribution in [0.5, 0.6) is 0 Å². The van der Waals surface area contributed by atoms with Gasteiger partial charge in [0.1, 0.15) is 0 Å². The fourth-order valence-corrected chi connectivity index (χ4v) is 2.48. The molecule has 0 bridgehead atoms. The minimum Gasteiger partial charge on any atom is -0.465 e. The van der Waals surface area contributed by atoms with Crippen molar-refractivity contribution in [3.63, 3.8) is 0 Å². The lowest BCUT2D eigenvalue weighted by molar-refractivity contribution is -0.145. The summed E-state index contributed by atoms with van der Waals surface area (Å²) in [7, 11) is 0. The molecule has 0 aliphatic heterocycles. The van der Waals surface area contributed by atoms with Gasteiger partial charge in [0.15, 0.2) is 0 Å². The maximum absolute atomic E-state index is 11.9. The molecule has 1 aromatic rings. The number of carbonyl (C=O) groups is 1. The second-order valence-electron chi connectivity index (χ2n) is 5.11. The normalized spacial score (nSPS) is 12.1. The van der Waals surface area contributed by atoms with Crippen LogP contribution in [0.3, 0.4) is 0 Å². The van der Waals surface area contributed by atoms with Crippen LogP contribution in [0.4, 0.5) is 0 Å². The van der Waals surface area contributed by atoms with Gasteiger partial charge in [-0.15, -0.1) is 0 Å². The van der Waals surface area contributed by atoms with Crippen LogP contribution in [0.15, 0.2) is 30.3 Å². The Balaban J connectivity index is 2.08. The molecule has 0 aromatic heterocycles. The van der Waals surface area contributed by atoms with Crippen LogP contribution in [0.25, 0.3) is 0 Å². The van der Waals surface area contributed by atoms with Gasteiger partial charge < -0.3 is 4.74 Å². The van der Waals surface area contributed by atoms with Crippen molar-refractivity contribution in [1.82, 2.24) is 0 Å². The molecular weight excluding hydrogens is 316 g/mol. The van der Waals surface area contributed by atoms with E-state index in [2.05, 4.69) is 15.9 Å². The number of esters is 1. The average molecular weight is 341 g/mol. The summed E-state index contributed by atoms with van der Waals surface area (Å²) in [6.45, 7) is 2.45. The molecule has 0 aliphatic carbocycles. The van der Waals surface area contributed by atoms with E-state index in [4.69, 9.17) is 4.74 Å². The molecule has 20 heavy (non-hydrogen) atoms. The number of alkyl halides is 1. The summed E-state index contributed by atoms with van der Waals surface area (Å²) in [6.07, 6.45) is 7.18. The van der Waals surface area contributed by atoms with E-state index in [1.54, 1.807) is 0 Å². The lowest BCUT2D eigenvalue weighted by atomic mass is 10.0. The predicted octanol–water partition coefficient (Wildman–Crippen LogP) is 5.07. The summed E-state index contributed by atoms with van der Waals surface area (Å²) >= 11 is 3.43. The Hall–Kier alpha value is -0.830. The van der Waals surface area contributed by atoms with Gasteiger partial charge in [-0.2, -0.15) is 0 Å². The molecule has 1 rings (SSSR count). The van der Waals surface area contributed by atoms with E-state index >= 15 is 0 Å². The summed E-state index contributed by atoms with van der Waals surface area (Å²) in [5.74, 6) is -0.286. The van der Waals surface area contributed by atoms with E-state index in [0.29, 0.717) is 6.61 Å². The maximum atomic E-state index is 11.9. The molecule has 0 heterocycles. The lowest BCUT2D eigenvalue weighted by Crippen LogP contribution is -2.13. The molecule has 112 valence electrons. The molecule has 0 spiro atoms. The minimum absolute atomic E-state index is 0.115. The third-order valence-electron chi connectivity index (χ3n) is 3.43. The highest BCUT2D eigenvalue weighted by molar-refractivity contribution is 9.09. The topological polar surface area (TPSA) is 26.3 Å². The van der Waals surface area contributed by atoms with Gasteiger partial charge in [-0.1, -0.05) is 71.9 Å². The maximum Gasteiger partial charge on any atom is 0.313 e. The first kappa shape index (κ1) is 17.2. The minimum atomic E-state index is -0.171. The average Bonchev–Trinajstić information content (AvgIpc) is 2.50. The highest BCUT2D eigenvalue weighted by Crippen LogP contribution is 2.16. The van der Waals surface area contributed by atoms with Crippen molar-refractivity contribution in [2.75, 3.05) is 11.9 Å². The number of ether oxygens (including phenoxy) is 1. The Morgan fingerprint density at radius 3 is 2.30 bits per heavy atom. The largest absolute Gasteiger partial charge is 0.465 e. The van der Waals surface area contributed by atoms with Gasteiger partial charge in [-0.05, 0) is 25.3 Å². The molecule has 1 atom stereocenters. The molecule has 0 aliphatic rings. The van der Waals surface area contributed by atoms with E-state index in [1.165, 1.54) is 25.7 Å². The van der Waals surface area contributed by atoms with Crippen molar-refractivity contribution in [1.29, 1.82) is 0 Å². The van der Waals surface area contributed by atoms with Crippen LogP contribution in [-0.4, -0.2) is 17.9 Å². The second kappa shape index (κ2) is 10.9. The second-order valence-corrected chi connectivity index (χ2v) is 5.90. The predicted molar refractivity (Wildman–Crippen MR) is 87.3 cm³/mol. The molecule has 0 saturated carbocycles. The zero-order valence-electron chi connectivity index (χ0n) is 12.3. The number of halogens is 1. The first-order valence-electron chi connectivity index (χ1n) is 7.53. The molecule has 1 unspecified atom stereocenters. The van der Waals surface area contributed by atoms with Crippen molar-refractivity contribution >= 4 is 21.9 Å². The summed E-state index contributed by atoms with van der Waals surface area (Å²) < 4.78 is 5.34. The summed E-state index contributed by atoms with van der Waals surface area (Å²) in [5, 5.41) is 1.10. The first-order chi connectivity index (χ1) is 9.75. The highest BCUT2D eigenvalue weighted by atomic mass is 79.9. The van der Waals surface area contributed by atoms with Gasteiger partial charge in [0, 0.05) is 5.33 Å². The van der Waals surface area contributed by atoms with Gasteiger partial charge in [0.25, 0.3) is 0 Å². The molecule has 0 amide bonds. The third kappa shape index (κ3) is 7.09. The standard InChI is InChI=1S/C17H25BrO2/c1-15(16-11-7-6-8-12-16)17(19)20-14-10-5-3-2-4-9-13-18/h6-8,11-12,15H,2-5,9-10,13-14H2,1H3. The van der Waals surface area contributed by atoms with Crippen LogP contribution in [0, 0.1) is 0 Å². The van der Waals surface area contributed by atoms with Gasteiger partial charge in [-0.3, -0.25) is 4.79 Å². The van der Waals surface area contributed by atoms with E-state index in [9.17, 15) is 4.79 Å². The van der Waals surface area contributed by atoms with Crippen LogP contribution in [0.1, 0.15) is 56.9 Å². The zero-order valence-corrected chi connectivity index (χ0v) is 13.9. The molecular formula is C17H25BrO2. The van der Waals surface area contributed by atoms with E-state index in [0.717, 1.165) is 23.7 Å². The number of unbranched alkanes of at least 4 members (excludes halogenated alkanes) is 5. The highest BCUT2D eigenvalue weighted by Gasteiger charge is 2.15. The van der Waals surface area contributed by atoms with Crippen LogP contribution in [-0.2, 0) is 9.53 Å². The lowest BCUT2D eigenvalue weighted by Gasteiger charge is -2.11. The Bertz CT molecular complexity index is 365. The number of hydrogen-bond acceptors (Lipinski definition) is 2. The Kier molecular flexibility index (Phi) is 9.38. The first-order valence-corrected chi connectivity index (χ1v) is 8.65. The van der Waals surface area contributed by atoms with Gasteiger partial charge >= 0.3 is 5.97 Å². The smallest absolute Gasteiger partial charge is 0.313 e. The van der Waals surface area contributed by atoms with Crippen molar-refractivity contribution in [3.8, 4) is 0 Å². The third-order valence-corrected chi connectivity index (χ3v) is 3.99. The van der Waals surface area contributed by atoms with Crippen LogP contribution < -0.4 is 0 Å². The molecule has 0 radical (unpaired) electrons. The van der Waals surface area contributed by atoms with Crippen molar-refractivity contribution in [2.45, 2.75) is 51.4 Å². The number of rotatable bonds is 10. The van der Waals surface area contributed by atoms with E-state index in [1.807, 2.05) is 37.3 Å². The molecule has 0 fully saturated rings. The fraction of sp³-hybridized carbons (Fsp3) is 0.588. The molecule has 0 saturated heterocycles. The van der Waals surface area contributed by atoms with E-state index < -0.39 is 0 Å². The van der Waals surface area contributed by atoms with Gasteiger partial charge in [0.05, 0.1) is 12.5 Å². The number of hydrogen-bond donors (Lipinski definition) is 0. The van der Waals surface area contributed by atoms with Crippen molar-refractivity contribution in [3.05, 3.63) is 35.9 Å². The summed E-state index contributed by atoms with van der Waals surface area (Å²) in [5.41, 5.74) is 1.02. The van der Waals surface area contributed by atoms with Crippen molar-refractivity contribution in [2.24, 2.45) is 0 Å². The van der Waals surface area contributed by atoms with Crippen LogP contribution in [0.2, 0.25) is 0 Å². The molecule has 3 heteroatoms. The zero-order chi connectivity index (χ0) is 14.6. The van der Waals surface area contributed by atoms with Crippen molar-refractivity contribution < 1.29 is 9.53 Å². The molecule has 2 nitrogen and oxygen atoms in total. The Morgan fingerprint density at radius 2 is 1.65 bits per heavy atom. The van der Waals surface area contributed by atoms with E-state index in [-0.39, 0.29) is 11.9 Å². The summed E-state index contributed by atoms with van der Waals surface area (Å²) in [4.78, 5) is 11.9. The Morgan fingerprint density at radius 1 is 1.05 bits per heavy atom. The quantitative estimate of drug-likeness (QED) is 0.337. The van der Waals surface area contributed by atoms with Crippen LogP contribution >= 0.6 is 15.9 Å². The monoisotopic (exact) mass is 340 g/mol. The number of benzene rings is 1. The number of carbonyl (C=O) groups excluding carboxylic acids is 1. The molecule has 0 N–H and O–H groups in total. The van der Waals surface area contributed by atoms with Gasteiger partial charge in [0.2, 0.25) is 0 Å². The van der Waals surface area contributed by atoms with Gasteiger partial charge in [-0.25, -0.2) is 0 Å². The SMILES string of the molecule is CC(C(=O)OCCCCCCCCBr)c1ccccc1. The summed E-state index contributed by atoms with van der Waals surface area (Å²) in [6, 6.07) is 9.79.